The highest BCUT2D eigenvalue weighted by Crippen LogP contribution is 2.24. The van der Waals surface area contributed by atoms with Crippen LogP contribution in [0.1, 0.15) is 46.1 Å². The van der Waals surface area contributed by atoms with Crippen LogP contribution < -0.4 is 10.6 Å². The maximum absolute atomic E-state index is 12.1. The third-order valence-corrected chi connectivity index (χ3v) is 5.99. The van der Waals surface area contributed by atoms with Crippen LogP contribution in [0.25, 0.3) is 0 Å². The van der Waals surface area contributed by atoms with Gasteiger partial charge in [-0.15, -0.1) is 0 Å². The van der Waals surface area contributed by atoms with Gasteiger partial charge >= 0.3 is 6.09 Å². The smallest absolute Gasteiger partial charge is 0.407 e. The molecule has 0 spiro atoms. The van der Waals surface area contributed by atoms with E-state index in [1.165, 1.54) is 12.0 Å². The van der Waals surface area contributed by atoms with Crippen molar-refractivity contribution in [2.75, 3.05) is 33.2 Å². The van der Waals surface area contributed by atoms with Crippen molar-refractivity contribution in [1.82, 2.24) is 20.4 Å². The molecule has 2 fully saturated rings. The van der Waals surface area contributed by atoms with Crippen LogP contribution in [0.3, 0.4) is 0 Å². The zero-order valence-corrected chi connectivity index (χ0v) is 19.7. The van der Waals surface area contributed by atoms with Gasteiger partial charge in [-0.2, -0.15) is 0 Å². The number of hydrogen-bond donors (Lipinski definition) is 2. The Kier molecular flexibility index (Phi) is 7.81. The van der Waals surface area contributed by atoms with Gasteiger partial charge in [-0.05, 0) is 52.0 Å². The predicted octanol–water partition coefficient (Wildman–Crippen LogP) is 3.07. The van der Waals surface area contributed by atoms with Gasteiger partial charge in [0.25, 0.3) is 0 Å². The summed E-state index contributed by atoms with van der Waals surface area (Å²) in [7, 11) is 1.83. The molecule has 0 aromatic heterocycles. The highest BCUT2D eigenvalue weighted by molar-refractivity contribution is 5.80. The van der Waals surface area contributed by atoms with E-state index in [2.05, 4.69) is 62.7 Å². The van der Waals surface area contributed by atoms with E-state index >= 15 is 0 Å². The maximum atomic E-state index is 12.1. The topological polar surface area (TPSA) is 69.2 Å². The molecule has 0 bridgehead atoms. The lowest BCUT2D eigenvalue weighted by Crippen LogP contribution is -2.45. The Balaban J connectivity index is 1.43. The fourth-order valence-electron chi connectivity index (χ4n) is 4.52. The van der Waals surface area contributed by atoms with Gasteiger partial charge in [0.1, 0.15) is 5.60 Å². The van der Waals surface area contributed by atoms with E-state index in [9.17, 15) is 4.79 Å². The number of hydrogen-bond acceptors (Lipinski definition) is 4. The lowest BCUT2D eigenvalue weighted by Gasteiger charge is -2.24. The minimum Gasteiger partial charge on any atom is -0.444 e. The Labute approximate surface area is 187 Å². The number of amides is 1. The molecule has 2 aliphatic rings. The van der Waals surface area contributed by atoms with E-state index in [4.69, 9.17) is 4.74 Å². The normalized spacial score (nSPS) is 25.0. The first-order valence-corrected chi connectivity index (χ1v) is 11.5. The van der Waals surface area contributed by atoms with Gasteiger partial charge in [-0.3, -0.25) is 9.89 Å². The number of carbonyl (C=O) groups is 1. The number of nitrogens with zero attached hydrogens (tertiary/aromatic N) is 3. The van der Waals surface area contributed by atoms with Crippen LogP contribution in [0.5, 0.6) is 0 Å². The van der Waals surface area contributed by atoms with Crippen molar-refractivity contribution in [3.8, 4) is 0 Å². The summed E-state index contributed by atoms with van der Waals surface area (Å²) in [6.07, 6.45) is 1.74. The number of rotatable bonds is 5. The number of ether oxygens (including phenoxy) is 1. The zero-order chi connectivity index (χ0) is 22.4. The number of nitrogens with one attached hydrogen (secondary N) is 2. The molecule has 2 heterocycles. The van der Waals surface area contributed by atoms with E-state index in [0.717, 1.165) is 45.1 Å². The summed E-state index contributed by atoms with van der Waals surface area (Å²) >= 11 is 0. The molecule has 0 radical (unpaired) electrons. The lowest BCUT2D eigenvalue weighted by atomic mass is 10.1. The number of guanidine groups is 1. The molecule has 1 amide bonds. The molecule has 2 aliphatic heterocycles. The summed E-state index contributed by atoms with van der Waals surface area (Å²) in [5.74, 6) is 1.52. The second kappa shape index (κ2) is 10.4. The SMILES string of the molecule is CN=C(NCC1CC(C)N(Cc2ccccc2)C1)N1CC[C@@H](NC(=O)OC(C)(C)C)C1. The lowest BCUT2D eigenvalue weighted by molar-refractivity contribution is 0.0507. The molecule has 2 N–H and O–H groups in total. The first kappa shape index (κ1) is 23.4. The second-order valence-corrected chi connectivity index (χ2v) is 9.87. The van der Waals surface area contributed by atoms with Gasteiger partial charge in [0.05, 0.1) is 6.04 Å². The van der Waals surface area contributed by atoms with Gasteiger partial charge in [-0.25, -0.2) is 4.79 Å². The van der Waals surface area contributed by atoms with Gasteiger partial charge in [0.2, 0.25) is 0 Å². The zero-order valence-electron chi connectivity index (χ0n) is 19.7. The summed E-state index contributed by atoms with van der Waals surface area (Å²) < 4.78 is 5.38. The number of carbonyl (C=O) groups excluding carboxylic acids is 1. The van der Waals surface area contributed by atoms with Crippen LogP contribution in [-0.4, -0.2) is 72.8 Å². The van der Waals surface area contributed by atoms with Gasteiger partial charge in [-0.1, -0.05) is 30.3 Å². The molecule has 0 aliphatic carbocycles. The molecule has 7 nitrogen and oxygen atoms in total. The van der Waals surface area contributed by atoms with Gasteiger partial charge in [0.15, 0.2) is 5.96 Å². The summed E-state index contributed by atoms with van der Waals surface area (Å²) in [4.78, 5) is 21.3. The molecule has 1 aromatic rings. The highest BCUT2D eigenvalue weighted by atomic mass is 16.6. The van der Waals surface area contributed by atoms with Crippen LogP contribution in [-0.2, 0) is 11.3 Å². The number of benzene rings is 1. The molecule has 31 heavy (non-hydrogen) atoms. The quantitative estimate of drug-likeness (QED) is 0.556. The molecule has 172 valence electrons. The minimum atomic E-state index is -0.479. The molecule has 7 heteroatoms. The molecule has 1 aromatic carbocycles. The van der Waals surface area contributed by atoms with Crippen molar-refractivity contribution in [2.24, 2.45) is 10.9 Å². The summed E-state index contributed by atoms with van der Waals surface area (Å²) in [5, 5.41) is 6.56. The number of alkyl carbamates (subject to hydrolysis) is 1. The molecule has 3 rings (SSSR count). The van der Waals surface area contributed by atoms with E-state index < -0.39 is 5.60 Å². The number of aliphatic imine (C=N–C) groups is 1. The molecular formula is C24H39N5O2. The Bertz CT molecular complexity index is 746. The molecule has 0 saturated carbocycles. The van der Waals surface area contributed by atoms with Crippen molar-refractivity contribution in [2.45, 2.75) is 64.8 Å². The van der Waals surface area contributed by atoms with Crippen LogP contribution in [0.2, 0.25) is 0 Å². The fraction of sp³-hybridized carbons (Fsp3) is 0.667. The van der Waals surface area contributed by atoms with Crippen molar-refractivity contribution in [1.29, 1.82) is 0 Å². The Morgan fingerprint density at radius 3 is 2.65 bits per heavy atom. The van der Waals surface area contributed by atoms with E-state index in [1.807, 2.05) is 27.8 Å². The van der Waals surface area contributed by atoms with Crippen LogP contribution in [0, 0.1) is 5.92 Å². The standard InChI is InChI=1S/C24H39N5O2/c1-18-13-20(16-29(18)15-19-9-7-6-8-10-19)14-26-22(25-5)28-12-11-21(17-28)27-23(30)31-24(2,3)4/h6-10,18,20-21H,11-17H2,1-5H3,(H,25,26)(H,27,30)/t18?,20?,21-/m1/s1. The van der Waals surface area contributed by atoms with Crippen molar-refractivity contribution < 1.29 is 9.53 Å². The van der Waals surface area contributed by atoms with Gasteiger partial charge < -0.3 is 20.3 Å². The van der Waals surface area contributed by atoms with Crippen molar-refractivity contribution >= 4 is 12.1 Å². The first-order chi connectivity index (χ1) is 14.7. The highest BCUT2D eigenvalue weighted by Gasteiger charge is 2.31. The van der Waals surface area contributed by atoms with Crippen LogP contribution in [0.15, 0.2) is 35.3 Å². The third-order valence-electron chi connectivity index (χ3n) is 5.99. The summed E-state index contributed by atoms with van der Waals surface area (Å²) in [6.45, 7) is 12.6. The summed E-state index contributed by atoms with van der Waals surface area (Å²) in [5.41, 5.74) is 0.895. The molecular weight excluding hydrogens is 390 g/mol. The first-order valence-electron chi connectivity index (χ1n) is 11.5. The van der Waals surface area contributed by atoms with Gasteiger partial charge in [0, 0.05) is 45.8 Å². The molecule has 2 unspecified atom stereocenters. The average molecular weight is 430 g/mol. The van der Waals surface area contributed by atoms with Crippen LogP contribution in [0.4, 0.5) is 4.79 Å². The fourth-order valence-corrected chi connectivity index (χ4v) is 4.52. The summed E-state index contributed by atoms with van der Waals surface area (Å²) in [6, 6.07) is 11.4. The Hall–Kier alpha value is -2.28. The number of likely N-dealkylation sites (tertiary alicyclic amines) is 2. The van der Waals surface area contributed by atoms with Crippen LogP contribution >= 0.6 is 0 Å². The van der Waals surface area contributed by atoms with E-state index in [0.29, 0.717) is 12.0 Å². The molecule has 2 saturated heterocycles. The maximum Gasteiger partial charge on any atom is 0.407 e. The second-order valence-electron chi connectivity index (χ2n) is 9.87. The van der Waals surface area contributed by atoms with Crippen molar-refractivity contribution in [3.63, 3.8) is 0 Å². The predicted molar refractivity (Wildman–Crippen MR) is 125 cm³/mol. The Morgan fingerprint density at radius 2 is 1.97 bits per heavy atom. The molecule has 3 atom stereocenters. The monoisotopic (exact) mass is 429 g/mol. The largest absolute Gasteiger partial charge is 0.444 e. The van der Waals surface area contributed by atoms with Crippen molar-refractivity contribution in [3.05, 3.63) is 35.9 Å². The van der Waals surface area contributed by atoms with E-state index in [1.54, 1.807) is 0 Å². The van der Waals surface area contributed by atoms with E-state index in [-0.39, 0.29) is 12.1 Å². The third kappa shape index (κ3) is 7.13. The Morgan fingerprint density at radius 1 is 1.23 bits per heavy atom. The minimum absolute atomic E-state index is 0.0845. The average Bonchev–Trinajstić information content (AvgIpc) is 3.28.